The Bertz CT molecular complexity index is 1470. The summed E-state index contributed by atoms with van der Waals surface area (Å²) in [5.74, 6) is -1.25. The number of halogens is 3. The Morgan fingerprint density at radius 3 is 2.53 bits per heavy atom. The number of anilines is 1. The topological polar surface area (TPSA) is 56.3 Å². The summed E-state index contributed by atoms with van der Waals surface area (Å²) in [5, 5.41) is 4.09. The van der Waals surface area contributed by atoms with Gasteiger partial charge in [0.25, 0.3) is 0 Å². The van der Waals surface area contributed by atoms with E-state index in [1.54, 1.807) is 6.07 Å². The van der Waals surface area contributed by atoms with E-state index in [-0.39, 0.29) is 30.7 Å². The maximum atomic E-state index is 14.6. The zero-order valence-electron chi connectivity index (χ0n) is 21.8. The first kappa shape index (κ1) is 24.8. The summed E-state index contributed by atoms with van der Waals surface area (Å²) >= 11 is 0. The van der Waals surface area contributed by atoms with Gasteiger partial charge >= 0.3 is 0 Å². The fourth-order valence-corrected chi connectivity index (χ4v) is 6.25. The SMILES string of the molecule is COc1ccc(N2CCC[C@H]2c2nc3cc(-c4c(C)noc4C)ccc3n2C2CCC(F)(F)CC2)cc1F. The molecular formula is C29H31F3N4O2. The van der Waals surface area contributed by atoms with Gasteiger partial charge < -0.3 is 18.7 Å². The number of rotatable bonds is 5. The van der Waals surface area contributed by atoms with E-state index in [0.29, 0.717) is 12.8 Å². The molecule has 9 heteroatoms. The minimum absolute atomic E-state index is 0.0745. The summed E-state index contributed by atoms with van der Waals surface area (Å²) in [6.07, 6.45) is 2.28. The highest BCUT2D eigenvalue weighted by atomic mass is 19.3. The van der Waals surface area contributed by atoms with E-state index in [0.717, 1.165) is 64.5 Å². The number of methoxy groups -OCH3 is 1. The highest BCUT2D eigenvalue weighted by Crippen LogP contribution is 2.44. The molecule has 0 N–H and O–H groups in total. The molecule has 2 aromatic heterocycles. The number of ether oxygens (including phenoxy) is 1. The van der Waals surface area contributed by atoms with Crippen molar-refractivity contribution in [3.05, 3.63) is 59.5 Å². The average Bonchev–Trinajstić information content (AvgIpc) is 3.60. The number of hydrogen-bond acceptors (Lipinski definition) is 5. The number of benzene rings is 2. The molecule has 0 spiro atoms. The number of aryl methyl sites for hydroxylation is 2. The number of imidazole rings is 1. The lowest BCUT2D eigenvalue weighted by atomic mass is 9.91. The molecular weight excluding hydrogens is 493 g/mol. The molecule has 6 rings (SSSR count). The molecule has 2 aromatic carbocycles. The minimum atomic E-state index is -2.62. The van der Waals surface area contributed by atoms with Crippen LogP contribution in [0, 0.1) is 19.7 Å². The van der Waals surface area contributed by atoms with Crippen LogP contribution in [0.3, 0.4) is 0 Å². The monoisotopic (exact) mass is 524 g/mol. The van der Waals surface area contributed by atoms with Gasteiger partial charge in [0.05, 0.1) is 29.9 Å². The largest absolute Gasteiger partial charge is 0.494 e. The Morgan fingerprint density at radius 2 is 1.84 bits per heavy atom. The number of nitrogens with zero attached hydrogens (tertiary/aromatic N) is 4. The minimum Gasteiger partial charge on any atom is -0.494 e. The van der Waals surface area contributed by atoms with E-state index < -0.39 is 11.7 Å². The Morgan fingerprint density at radius 1 is 1.05 bits per heavy atom. The summed E-state index contributed by atoms with van der Waals surface area (Å²) < 4.78 is 55.5. The molecule has 1 saturated carbocycles. The van der Waals surface area contributed by atoms with Crippen molar-refractivity contribution in [3.8, 4) is 16.9 Å². The number of alkyl halides is 2. The van der Waals surface area contributed by atoms with Crippen LogP contribution in [0.2, 0.25) is 0 Å². The fourth-order valence-electron chi connectivity index (χ4n) is 6.25. The van der Waals surface area contributed by atoms with Gasteiger partial charge in [-0.3, -0.25) is 0 Å². The lowest BCUT2D eigenvalue weighted by Crippen LogP contribution is -2.30. The molecule has 38 heavy (non-hydrogen) atoms. The van der Waals surface area contributed by atoms with Gasteiger partial charge in [-0.15, -0.1) is 0 Å². The molecule has 0 unspecified atom stereocenters. The summed E-state index contributed by atoms with van der Waals surface area (Å²) in [7, 11) is 1.45. The molecule has 1 atom stereocenters. The molecule has 4 aromatic rings. The van der Waals surface area contributed by atoms with Crippen molar-refractivity contribution in [3.63, 3.8) is 0 Å². The summed E-state index contributed by atoms with van der Waals surface area (Å²) in [6, 6.07) is 10.9. The summed E-state index contributed by atoms with van der Waals surface area (Å²) in [6.45, 7) is 4.55. The summed E-state index contributed by atoms with van der Waals surface area (Å²) in [5.41, 5.74) is 5.20. The van der Waals surface area contributed by atoms with Gasteiger partial charge in [-0.25, -0.2) is 18.2 Å². The molecule has 1 aliphatic carbocycles. The van der Waals surface area contributed by atoms with Gasteiger partial charge in [-0.1, -0.05) is 11.2 Å². The van der Waals surface area contributed by atoms with Crippen molar-refractivity contribution in [1.82, 2.24) is 14.7 Å². The third-order valence-corrected chi connectivity index (χ3v) is 8.11. The van der Waals surface area contributed by atoms with Crippen LogP contribution in [0.5, 0.6) is 5.75 Å². The van der Waals surface area contributed by atoms with Gasteiger partial charge in [0.1, 0.15) is 11.6 Å². The van der Waals surface area contributed by atoms with Crippen LogP contribution in [0.1, 0.15) is 67.9 Å². The van der Waals surface area contributed by atoms with Crippen LogP contribution in [0.15, 0.2) is 40.9 Å². The van der Waals surface area contributed by atoms with Gasteiger partial charge in [0.2, 0.25) is 5.92 Å². The first-order chi connectivity index (χ1) is 18.3. The van der Waals surface area contributed by atoms with E-state index in [1.165, 1.54) is 13.2 Å². The molecule has 0 bridgehead atoms. The van der Waals surface area contributed by atoms with Crippen LogP contribution in [0.25, 0.3) is 22.2 Å². The highest BCUT2D eigenvalue weighted by Gasteiger charge is 2.39. The van der Waals surface area contributed by atoms with Crippen LogP contribution < -0.4 is 9.64 Å². The third kappa shape index (κ3) is 4.22. The van der Waals surface area contributed by atoms with Gasteiger partial charge in [-0.2, -0.15) is 0 Å². The standard InChI is InChI=1S/C29H31F3N4O2/c1-17-27(18(2)38-34-17)19-6-8-24-23(15-19)33-28(36(24)20-10-12-29(31,32)13-11-20)25-5-4-14-35(25)21-7-9-26(37-3)22(30)16-21/h6-9,15-16,20,25H,4-5,10-14H2,1-3H3/t25-/m0/s1. The zero-order valence-corrected chi connectivity index (χ0v) is 21.8. The van der Waals surface area contributed by atoms with Crippen molar-refractivity contribution < 1.29 is 22.4 Å². The predicted octanol–water partition coefficient (Wildman–Crippen LogP) is 7.55. The van der Waals surface area contributed by atoms with Gasteiger partial charge in [0, 0.05) is 42.7 Å². The maximum absolute atomic E-state index is 14.6. The third-order valence-electron chi connectivity index (χ3n) is 8.11. The van der Waals surface area contributed by atoms with Crippen LogP contribution in [0.4, 0.5) is 18.9 Å². The Labute approximate surface area is 219 Å². The molecule has 6 nitrogen and oxygen atoms in total. The van der Waals surface area contributed by atoms with Crippen molar-refractivity contribution >= 4 is 16.7 Å². The van der Waals surface area contributed by atoms with Crippen molar-refractivity contribution in [1.29, 1.82) is 0 Å². The Kier molecular flexibility index (Phi) is 6.12. The molecule has 1 aliphatic heterocycles. The number of hydrogen-bond donors (Lipinski definition) is 0. The van der Waals surface area contributed by atoms with Crippen molar-refractivity contribution in [2.75, 3.05) is 18.6 Å². The molecule has 2 fully saturated rings. The first-order valence-corrected chi connectivity index (χ1v) is 13.2. The molecule has 0 radical (unpaired) electrons. The highest BCUT2D eigenvalue weighted by molar-refractivity contribution is 5.84. The Hall–Kier alpha value is -3.49. The van der Waals surface area contributed by atoms with E-state index in [4.69, 9.17) is 14.2 Å². The molecule has 1 saturated heterocycles. The van der Waals surface area contributed by atoms with Gasteiger partial charge in [-0.05, 0) is 69.4 Å². The molecule has 0 amide bonds. The molecule has 3 heterocycles. The maximum Gasteiger partial charge on any atom is 0.248 e. The van der Waals surface area contributed by atoms with Crippen LogP contribution in [-0.2, 0) is 0 Å². The van der Waals surface area contributed by atoms with E-state index >= 15 is 0 Å². The fraction of sp³-hybridized carbons (Fsp3) is 0.448. The predicted molar refractivity (Wildman–Crippen MR) is 139 cm³/mol. The average molecular weight is 525 g/mol. The Balaban J connectivity index is 1.46. The molecule has 200 valence electrons. The van der Waals surface area contributed by atoms with Crippen LogP contribution in [-0.4, -0.2) is 34.3 Å². The summed E-state index contributed by atoms with van der Waals surface area (Å²) in [4.78, 5) is 7.31. The first-order valence-electron chi connectivity index (χ1n) is 13.2. The lowest BCUT2D eigenvalue weighted by Gasteiger charge is -2.33. The van der Waals surface area contributed by atoms with Gasteiger partial charge in [0.15, 0.2) is 11.6 Å². The lowest BCUT2D eigenvalue weighted by molar-refractivity contribution is -0.0439. The zero-order chi connectivity index (χ0) is 26.6. The second-order valence-corrected chi connectivity index (χ2v) is 10.5. The quantitative estimate of drug-likeness (QED) is 0.270. The smallest absolute Gasteiger partial charge is 0.248 e. The number of fused-ring (bicyclic) bond motifs is 1. The van der Waals surface area contributed by atoms with Crippen LogP contribution >= 0.6 is 0 Å². The van der Waals surface area contributed by atoms with E-state index in [9.17, 15) is 13.2 Å². The normalized spacial score (nSPS) is 19.9. The van der Waals surface area contributed by atoms with Crippen molar-refractivity contribution in [2.45, 2.75) is 70.4 Å². The van der Waals surface area contributed by atoms with E-state index in [2.05, 4.69) is 14.6 Å². The van der Waals surface area contributed by atoms with Crippen molar-refractivity contribution in [2.24, 2.45) is 0 Å². The molecule has 2 aliphatic rings. The second kappa shape index (κ2) is 9.36. The van der Waals surface area contributed by atoms with E-state index in [1.807, 2.05) is 38.1 Å². The second-order valence-electron chi connectivity index (χ2n) is 10.5. The number of aromatic nitrogens is 3.